The fourth-order valence-electron chi connectivity index (χ4n) is 8.18. The summed E-state index contributed by atoms with van der Waals surface area (Å²) in [5, 5.41) is 2.36. The smallest absolute Gasteiger partial charge is 0.152 e. The number of anilines is 6. The van der Waals surface area contributed by atoms with Crippen LogP contribution < -0.4 is 14.5 Å². The Kier molecular flexibility index (Phi) is 6.84. The van der Waals surface area contributed by atoms with Gasteiger partial charge in [0.25, 0.3) is 0 Å². The van der Waals surface area contributed by atoms with E-state index in [-0.39, 0.29) is 5.41 Å². The van der Waals surface area contributed by atoms with Crippen LogP contribution in [0.15, 0.2) is 182 Å². The molecule has 0 aromatic heterocycles. The fraction of sp³-hybridized carbons (Fsp3) is 0.0612. The molecule has 0 saturated carbocycles. The zero-order valence-electron chi connectivity index (χ0n) is 29.1. The van der Waals surface area contributed by atoms with Gasteiger partial charge in [-0.05, 0) is 99.4 Å². The summed E-state index contributed by atoms with van der Waals surface area (Å²) < 4.78 is 6.88. The van der Waals surface area contributed by atoms with Crippen LogP contribution >= 0.6 is 0 Å². The summed E-state index contributed by atoms with van der Waals surface area (Å²) in [5.74, 6) is 1.75. The van der Waals surface area contributed by atoms with Crippen molar-refractivity contribution in [3.05, 3.63) is 193 Å². The summed E-state index contributed by atoms with van der Waals surface area (Å²) in [7, 11) is 0. The zero-order valence-corrected chi connectivity index (χ0v) is 29.1. The topological polar surface area (TPSA) is 15.7 Å². The Labute approximate surface area is 304 Å². The quantitative estimate of drug-likeness (QED) is 0.182. The summed E-state index contributed by atoms with van der Waals surface area (Å²) in [6.45, 7) is 4.70. The van der Waals surface area contributed by atoms with Gasteiger partial charge in [-0.1, -0.05) is 135 Å². The normalized spacial score (nSPS) is 13.5. The second kappa shape index (κ2) is 11.8. The van der Waals surface area contributed by atoms with E-state index in [4.69, 9.17) is 4.74 Å². The maximum atomic E-state index is 6.88. The number of para-hydroxylation sites is 2. The molecule has 52 heavy (non-hydrogen) atoms. The van der Waals surface area contributed by atoms with Crippen LogP contribution in [0, 0.1) is 0 Å². The lowest BCUT2D eigenvalue weighted by molar-refractivity contribution is 0.472. The minimum atomic E-state index is -0.277. The molecule has 3 heteroatoms. The highest BCUT2D eigenvalue weighted by Crippen LogP contribution is 2.62. The molecule has 0 N–H and O–H groups in total. The highest BCUT2D eigenvalue weighted by atomic mass is 16.5. The van der Waals surface area contributed by atoms with Gasteiger partial charge in [-0.2, -0.15) is 0 Å². The Bertz CT molecular complexity index is 2570. The number of ether oxygens (including phenoxy) is 1. The van der Waals surface area contributed by atoms with Gasteiger partial charge in [-0.3, -0.25) is 0 Å². The van der Waals surface area contributed by atoms with Crippen molar-refractivity contribution < 1.29 is 4.74 Å². The first-order valence-electron chi connectivity index (χ1n) is 17.9. The number of fused-ring (bicyclic) bond motifs is 6. The third-order valence-corrected chi connectivity index (χ3v) is 10.8. The van der Waals surface area contributed by atoms with Crippen LogP contribution in [0.25, 0.3) is 33.0 Å². The summed E-state index contributed by atoms with van der Waals surface area (Å²) in [6.07, 6.45) is 0. The van der Waals surface area contributed by atoms with Gasteiger partial charge in [0.2, 0.25) is 0 Å². The summed E-state index contributed by atoms with van der Waals surface area (Å²) >= 11 is 0. The highest BCUT2D eigenvalue weighted by Gasteiger charge is 2.42. The lowest BCUT2D eigenvalue weighted by Gasteiger charge is -2.45. The van der Waals surface area contributed by atoms with Gasteiger partial charge in [0, 0.05) is 27.9 Å². The van der Waals surface area contributed by atoms with E-state index in [1.54, 1.807) is 0 Å². The van der Waals surface area contributed by atoms with E-state index in [0.29, 0.717) is 0 Å². The molecule has 0 spiro atoms. The van der Waals surface area contributed by atoms with Crippen LogP contribution in [0.2, 0.25) is 0 Å². The Morgan fingerprint density at radius 2 is 1.04 bits per heavy atom. The largest absolute Gasteiger partial charge is 0.453 e. The highest BCUT2D eigenvalue weighted by molar-refractivity contribution is 6.06. The van der Waals surface area contributed by atoms with Crippen molar-refractivity contribution in [1.29, 1.82) is 0 Å². The first-order valence-corrected chi connectivity index (χ1v) is 17.9. The molecule has 0 fully saturated rings. The van der Waals surface area contributed by atoms with Crippen molar-refractivity contribution in [2.45, 2.75) is 19.3 Å². The lowest BCUT2D eigenvalue weighted by atomic mass is 9.72. The fourth-order valence-corrected chi connectivity index (χ4v) is 8.18. The van der Waals surface area contributed by atoms with E-state index in [0.717, 1.165) is 45.5 Å². The minimum Gasteiger partial charge on any atom is -0.453 e. The Morgan fingerprint density at radius 1 is 0.442 bits per heavy atom. The SMILES string of the molecule is CC1(C)c2ccc(-c3ccc(N(c4ccccc4)c4ccccc4)cc3)cc2N2c3c(cc(-c4ccccc4)cc31)Oc1ccc3ccccc3c12. The molecule has 0 radical (unpaired) electrons. The Morgan fingerprint density at radius 3 is 1.75 bits per heavy atom. The monoisotopic (exact) mass is 668 g/mol. The molecule has 2 heterocycles. The number of benzene rings is 8. The first-order chi connectivity index (χ1) is 25.5. The van der Waals surface area contributed by atoms with Gasteiger partial charge in [0.15, 0.2) is 11.5 Å². The molecule has 0 aliphatic carbocycles. The predicted molar refractivity (Wildman–Crippen MR) is 216 cm³/mol. The Hall–Kier alpha value is -6.58. The molecule has 3 nitrogen and oxygen atoms in total. The van der Waals surface area contributed by atoms with Gasteiger partial charge in [0.1, 0.15) is 0 Å². The maximum Gasteiger partial charge on any atom is 0.152 e. The van der Waals surface area contributed by atoms with E-state index in [1.165, 1.54) is 44.3 Å². The lowest BCUT2D eigenvalue weighted by Crippen LogP contribution is -2.32. The molecule has 248 valence electrons. The number of hydrogen-bond donors (Lipinski definition) is 0. The van der Waals surface area contributed by atoms with Crippen molar-refractivity contribution >= 4 is 44.9 Å². The molecule has 0 amide bonds. The van der Waals surface area contributed by atoms with E-state index >= 15 is 0 Å². The van der Waals surface area contributed by atoms with Gasteiger partial charge in [0.05, 0.1) is 17.1 Å². The molecule has 2 aliphatic rings. The van der Waals surface area contributed by atoms with E-state index < -0.39 is 0 Å². The summed E-state index contributed by atoms with van der Waals surface area (Å²) in [4.78, 5) is 4.78. The number of nitrogens with zero attached hydrogens (tertiary/aromatic N) is 2. The van der Waals surface area contributed by atoms with Crippen molar-refractivity contribution in [3.63, 3.8) is 0 Å². The second-order valence-electron chi connectivity index (χ2n) is 14.2. The predicted octanol–water partition coefficient (Wildman–Crippen LogP) is 13.9. The standard InChI is InChI=1S/C49H36N2O/c1-49(2)42-28-24-36(34-22-26-40(27-23-34)50(38-17-8-4-9-18-38)39-19-10-5-11-20-39)31-44(42)51-47-41-21-13-12-16-35(41)25-29-45(47)52-46-32-37(30-43(49)48(46)51)33-14-6-3-7-15-33/h3-32H,1-2H3. The molecule has 0 atom stereocenters. The zero-order chi connectivity index (χ0) is 34.8. The number of hydrogen-bond acceptors (Lipinski definition) is 3. The van der Waals surface area contributed by atoms with E-state index in [1.807, 2.05) is 0 Å². The van der Waals surface area contributed by atoms with Gasteiger partial charge in [-0.25, -0.2) is 0 Å². The van der Waals surface area contributed by atoms with Crippen LogP contribution in [0.3, 0.4) is 0 Å². The van der Waals surface area contributed by atoms with E-state index in [9.17, 15) is 0 Å². The van der Waals surface area contributed by atoms with Crippen LogP contribution in [-0.4, -0.2) is 0 Å². The van der Waals surface area contributed by atoms with Crippen LogP contribution in [-0.2, 0) is 5.41 Å². The molecule has 0 saturated heterocycles. The average Bonchev–Trinajstić information content (AvgIpc) is 3.20. The van der Waals surface area contributed by atoms with E-state index in [2.05, 4.69) is 206 Å². The average molecular weight is 669 g/mol. The van der Waals surface area contributed by atoms with Gasteiger partial charge < -0.3 is 14.5 Å². The van der Waals surface area contributed by atoms with Crippen molar-refractivity contribution in [2.24, 2.45) is 0 Å². The number of rotatable bonds is 5. The van der Waals surface area contributed by atoms with Gasteiger partial charge in [-0.15, -0.1) is 0 Å². The summed E-state index contributed by atoms with van der Waals surface area (Å²) in [6, 6.07) is 65.2. The molecule has 2 aliphatic heterocycles. The minimum absolute atomic E-state index is 0.277. The second-order valence-corrected chi connectivity index (χ2v) is 14.2. The van der Waals surface area contributed by atoms with Crippen LogP contribution in [0.1, 0.15) is 25.0 Å². The third-order valence-electron chi connectivity index (χ3n) is 10.8. The summed E-state index contributed by atoms with van der Waals surface area (Å²) in [5.41, 5.74) is 13.7. The molecular formula is C49H36N2O. The van der Waals surface area contributed by atoms with Crippen LogP contribution in [0.4, 0.5) is 34.1 Å². The van der Waals surface area contributed by atoms with Gasteiger partial charge >= 0.3 is 0 Å². The molecule has 8 aromatic rings. The molecule has 0 bridgehead atoms. The van der Waals surface area contributed by atoms with Crippen LogP contribution in [0.5, 0.6) is 11.5 Å². The Balaban J connectivity index is 1.14. The first kappa shape index (κ1) is 30.3. The molecule has 10 rings (SSSR count). The molecule has 0 unspecified atom stereocenters. The van der Waals surface area contributed by atoms with Crippen molar-refractivity contribution in [2.75, 3.05) is 9.80 Å². The van der Waals surface area contributed by atoms with Crippen molar-refractivity contribution in [1.82, 2.24) is 0 Å². The van der Waals surface area contributed by atoms with Crippen molar-refractivity contribution in [3.8, 4) is 33.8 Å². The maximum absolute atomic E-state index is 6.88. The molecular weight excluding hydrogens is 633 g/mol. The molecule has 8 aromatic carbocycles. The third kappa shape index (κ3) is 4.74.